The second kappa shape index (κ2) is 5.04. The summed E-state index contributed by atoms with van der Waals surface area (Å²) >= 11 is 7.35. The maximum atomic E-state index is 12.4. The van der Waals surface area contributed by atoms with Crippen LogP contribution in [-0.2, 0) is 11.2 Å². The molecule has 1 amide bonds. The van der Waals surface area contributed by atoms with Crippen molar-refractivity contribution in [1.29, 1.82) is 0 Å². The second-order valence-electron chi connectivity index (χ2n) is 4.72. The third kappa shape index (κ3) is 2.15. The highest BCUT2D eigenvalue weighted by molar-refractivity contribution is 7.13. The lowest BCUT2D eigenvalue weighted by atomic mass is 9.97. The number of fused-ring (bicyclic) bond motifs is 1. The van der Waals surface area contributed by atoms with Gasteiger partial charge in [-0.1, -0.05) is 11.6 Å². The minimum atomic E-state index is -0.0626. The number of carbonyl (C=O) groups excluding carboxylic acids is 2. The topological polar surface area (TPSA) is 37.4 Å². The van der Waals surface area contributed by atoms with Gasteiger partial charge >= 0.3 is 0 Å². The van der Waals surface area contributed by atoms with E-state index in [1.165, 1.54) is 11.3 Å². The average Bonchev–Trinajstić information content (AvgIpc) is 2.88. The first-order valence-corrected chi connectivity index (χ1v) is 7.51. The molecule has 20 heavy (non-hydrogen) atoms. The summed E-state index contributed by atoms with van der Waals surface area (Å²) < 4.78 is 0. The van der Waals surface area contributed by atoms with Crippen LogP contribution in [0.15, 0.2) is 29.6 Å². The highest BCUT2D eigenvalue weighted by Crippen LogP contribution is 2.30. The standard InChI is InChI=1S/C15H12ClNO2S/c1-17-12-4-2-10(8-9(12)3-5-13(17)18)14(19)15-11(16)6-7-20-15/h2,4,6-8H,3,5H2,1H3. The molecule has 0 N–H and O–H groups in total. The number of thiophene rings is 1. The minimum absolute atomic E-state index is 0.0626. The van der Waals surface area contributed by atoms with Crippen LogP contribution in [0, 0.1) is 0 Å². The molecule has 0 bridgehead atoms. The molecule has 102 valence electrons. The van der Waals surface area contributed by atoms with E-state index in [0.29, 0.717) is 28.3 Å². The number of nitrogens with zero attached hydrogens (tertiary/aromatic N) is 1. The molecule has 0 unspecified atom stereocenters. The van der Waals surface area contributed by atoms with Gasteiger partial charge in [-0.2, -0.15) is 0 Å². The molecule has 0 saturated heterocycles. The van der Waals surface area contributed by atoms with Crippen molar-refractivity contribution >= 4 is 40.3 Å². The lowest BCUT2D eigenvalue weighted by molar-refractivity contribution is -0.118. The Labute approximate surface area is 125 Å². The van der Waals surface area contributed by atoms with Crippen LogP contribution in [0.1, 0.15) is 27.2 Å². The van der Waals surface area contributed by atoms with Gasteiger partial charge in [0.15, 0.2) is 0 Å². The van der Waals surface area contributed by atoms with Crippen LogP contribution in [0.2, 0.25) is 5.02 Å². The largest absolute Gasteiger partial charge is 0.315 e. The van der Waals surface area contributed by atoms with Crippen molar-refractivity contribution < 1.29 is 9.59 Å². The van der Waals surface area contributed by atoms with Crippen LogP contribution in [0.5, 0.6) is 0 Å². The fraction of sp³-hybridized carbons (Fsp3) is 0.200. The number of hydrogen-bond acceptors (Lipinski definition) is 3. The highest BCUT2D eigenvalue weighted by atomic mass is 35.5. The minimum Gasteiger partial charge on any atom is -0.315 e. The van der Waals surface area contributed by atoms with Gasteiger partial charge in [0.1, 0.15) is 0 Å². The van der Waals surface area contributed by atoms with Gasteiger partial charge in [0.2, 0.25) is 11.7 Å². The average molecular weight is 306 g/mol. The summed E-state index contributed by atoms with van der Waals surface area (Å²) in [5.74, 6) is 0.0465. The van der Waals surface area contributed by atoms with Crippen LogP contribution in [0.3, 0.4) is 0 Å². The van der Waals surface area contributed by atoms with Crippen LogP contribution in [0.4, 0.5) is 5.69 Å². The van der Waals surface area contributed by atoms with Gasteiger partial charge in [-0.25, -0.2) is 0 Å². The Morgan fingerprint density at radius 3 is 2.80 bits per heavy atom. The number of aryl methyl sites for hydroxylation is 1. The highest BCUT2D eigenvalue weighted by Gasteiger charge is 2.22. The number of carbonyl (C=O) groups is 2. The SMILES string of the molecule is CN1C(=O)CCc2cc(C(=O)c3sccc3Cl)ccc21. The third-order valence-electron chi connectivity index (χ3n) is 3.51. The van der Waals surface area contributed by atoms with Gasteiger partial charge in [0, 0.05) is 24.7 Å². The maximum Gasteiger partial charge on any atom is 0.227 e. The zero-order chi connectivity index (χ0) is 14.3. The van der Waals surface area contributed by atoms with Crippen LogP contribution in [0.25, 0.3) is 0 Å². The lowest BCUT2D eigenvalue weighted by Gasteiger charge is -2.25. The molecule has 3 nitrogen and oxygen atoms in total. The van der Waals surface area contributed by atoms with E-state index in [4.69, 9.17) is 11.6 Å². The van der Waals surface area contributed by atoms with E-state index in [0.717, 1.165) is 11.3 Å². The van der Waals surface area contributed by atoms with E-state index in [2.05, 4.69) is 0 Å². The fourth-order valence-corrected chi connectivity index (χ4v) is 3.49. The number of amides is 1. The van der Waals surface area contributed by atoms with Crippen molar-refractivity contribution in [1.82, 2.24) is 0 Å². The molecular weight excluding hydrogens is 294 g/mol. The van der Waals surface area contributed by atoms with Crippen molar-refractivity contribution in [2.45, 2.75) is 12.8 Å². The first-order valence-electron chi connectivity index (χ1n) is 6.25. The number of rotatable bonds is 2. The summed E-state index contributed by atoms with van der Waals surface area (Å²) in [6.07, 6.45) is 1.17. The number of hydrogen-bond donors (Lipinski definition) is 0. The predicted octanol–water partition coefficient (Wildman–Crippen LogP) is 3.54. The van der Waals surface area contributed by atoms with Gasteiger partial charge in [0.05, 0.1) is 9.90 Å². The van der Waals surface area contributed by atoms with Crippen molar-refractivity contribution in [2.75, 3.05) is 11.9 Å². The molecule has 2 heterocycles. The van der Waals surface area contributed by atoms with Crippen molar-refractivity contribution in [3.8, 4) is 0 Å². The van der Waals surface area contributed by atoms with Crippen molar-refractivity contribution in [2.24, 2.45) is 0 Å². The molecule has 0 fully saturated rings. The van der Waals surface area contributed by atoms with E-state index in [9.17, 15) is 9.59 Å². The molecule has 5 heteroatoms. The molecule has 2 aromatic rings. The van der Waals surface area contributed by atoms with Gasteiger partial charge in [-0.15, -0.1) is 11.3 Å². The Balaban J connectivity index is 1.99. The monoisotopic (exact) mass is 305 g/mol. The Kier molecular flexibility index (Phi) is 3.36. The summed E-state index contributed by atoms with van der Waals surface area (Å²) in [4.78, 5) is 26.3. The second-order valence-corrected chi connectivity index (χ2v) is 6.05. The van der Waals surface area contributed by atoms with E-state index in [-0.39, 0.29) is 11.7 Å². The summed E-state index contributed by atoms with van der Waals surface area (Å²) in [6.45, 7) is 0. The lowest BCUT2D eigenvalue weighted by Crippen LogP contribution is -2.31. The Morgan fingerprint density at radius 1 is 1.30 bits per heavy atom. The van der Waals surface area contributed by atoms with Crippen LogP contribution >= 0.6 is 22.9 Å². The molecule has 0 spiro atoms. The molecule has 0 atom stereocenters. The molecule has 0 radical (unpaired) electrons. The fourth-order valence-electron chi connectivity index (χ4n) is 2.38. The van der Waals surface area contributed by atoms with Gasteiger partial charge in [0.25, 0.3) is 0 Å². The van der Waals surface area contributed by atoms with E-state index < -0.39 is 0 Å². The summed E-state index contributed by atoms with van der Waals surface area (Å²) in [5, 5.41) is 2.30. The predicted molar refractivity (Wildman–Crippen MR) is 80.9 cm³/mol. The van der Waals surface area contributed by atoms with Crippen molar-refractivity contribution in [3.05, 3.63) is 50.7 Å². The normalized spacial score (nSPS) is 14.3. The number of ketones is 1. The van der Waals surface area contributed by atoms with E-state index >= 15 is 0 Å². The Bertz CT molecular complexity index is 708. The first kappa shape index (κ1) is 13.3. The molecular formula is C15H12ClNO2S. The van der Waals surface area contributed by atoms with Gasteiger partial charge in [-0.05, 0) is 41.6 Å². The summed E-state index contributed by atoms with van der Waals surface area (Å²) in [5.41, 5.74) is 2.54. The van der Waals surface area contributed by atoms with E-state index in [1.807, 2.05) is 12.1 Å². The number of anilines is 1. The maximum absolute atomic E-state index is 12.4. The zero-order valence-electron chi connectivity index (χ0n) is 10.9. The quantitative estimate of drug-likeness (QED) is 0.796. The van der Waals surface area contributed by atoms with Crippen molar-refractivity contribution in [3.63, 3.8) is 0 Å². The molecule has 1 aliphatic rings. The number of halogens is 1. The molecule has 3 rings (SSSR count). The smallest absolute Gasteiger partial charge is 0.227 e. The van der Waals surface area contributed by atoms with Crippen LogP contribution in [-0.4, -0.2) is 18.7 Å². The molecule has 1 aliphatic heterocycles. The molecule has 1 aromatic carbocycles. The molecule has 1 aromatic heterocycles. The first-order chi connectivity index (χ1) is 9.58. The summed E-state index contributed by atoms with van der Waals surface area (Å²) in [7, 11) is 1.76. The number of benzene rings is 1. The Hall–Kier alpha value is -1.65. The Morgan fingerprint density at radius 2 is 2.10 bits per heavy atom. The van der Waals surface area contributed by atoms with E-state index in [1.54, 1.807) is 29.5 Å². The zero-order valence-corrected chi connectivity index (χ0v) is 12.4. The van der Waals surface area contributed by atoms with Gasteiger partial charge < -0.3 is 4.90 Å². The van der Waals surface area contributed by atoms with Gasteiger partial charge in [-0.3, -0.25) is 9.59 Å². The van der Waals surface area contributed by atoms with Crippen LogP contribution < -0.4 is 4.90 Å². The molecule has 0 saturated carbocycles. The molecule has 0 aliphatic carbocycles. The summed E-state index contributed by atoms with van der Waals surface area (Å²) in [6, 6.07) is 7.19. The third-order valence-corrected chi connectivity index (χ3v) is 4.85.